The van der Waals surface area contributed by atoms with Gasteiger partial charge in [-0.25, -0.2) is 0 Å². The van der Waals surface area contributed by atoms with Gasteiger partial charge in [-0.15, -0.1) is 10.2 Å². The minimum atomic E-state index is -0.425. The molecule has 0 aliphatic carbocycles. The van der Waals surface area contributed by atoms with Gasteiger partial charge in [0.25, 0.3) is 0 Å². The molecule has 0 fully saturated rings. The summed E-state index contributed by atoms with van der Waals surface area (Å²) in [6.45, 7) is 8.80. The van der Waals surface area contributed by atoms with Gasteiger partial charge in [0, 0.05) is 13.0 Å². The molecule has 0 aliphatic heterocycles. The van der Waals surface area contributed by atoms with Crippen molar-refractivity contribution in [1.29, 1.82) is 0 Å². The third-order valence-electron chi connectivity index (χ3n) is 5.32. The number of amides is 2. The number of furan rings is 1. The molecule has 8 nitrogen and oxygen atoms in total. The van der Waals surface area contributed by atoms with Crippen LogP contribution in [0.2, 0.25) is 0 Å². The van der Waals surface area contributed by atoms with E-state index < -0.39 is 5.91 Å². The van der Waals surface area contributed by atoms with Crippen LogP contribution < -0.4 is 11.1 Å². The molecule has 1 unspecified atom stereocenters. The Bertz CT molecular complexity index is 1060. The normalized spacial score (nSPS) is 12.3. The van der Waals surface area contributed by atoms with Crippen molar-refractivity contribution in [2.75, 3.05) is 5.75 Å². The number of carbonyl (C=O) groups excluding carboxylic acids is 2. The maximum absolute atomic E-state index is 12.8. The van der Waals surface area contributed by atoms with Crippen LogP contribution in [0.4, 0.5) is 0 Å². The van der Waals surface area contributed by atoms with E-state index in [1.165, 1.54) is 17.3 Å². The zero-order valence-corrected chi connectivity index (χ0v) is 20.3. The minimum Gasteiger partial charge on any atom is -0.461 e. The monoisotopic (exact) mass is 469 g/mol. The molecule has 3 rings (SSSR count). The summed E-state index contributed by atoms with van der Waals surface area (Å²) in [5, 5.41) is 12.1. The molecule has 1 atom stereocenters. The van der Waals surface area contributed by atoms with Crippen LogP contribution >= 0.6 is 11.8 Å². The highest BCUT2D eigenvalue weighted by Crippen LogP contribution is 2.27. The predicted octanol–water partition coefficient (Wildman–Crippen LogP) is 4.14. The number of aromatic nitrogens is 3. The molecular formula is C24H31N5O3S. The van der Waals surface area contributed by atoms with Crippen LogP contribution in [0.3, 0.4) is 0 Å². The number of nitrogens with one attached hydrogen (secondary N) is 1. The highest BCUT2D eigenvalue weighted by molar-refractivity contribution is 7.99. The van der Waals surface area contributed by atoms with Crippen molar-refractivity contribution >= 4 is 23.6 Å². The molecule has 2 aromatic heterocycles. The molecule has 0 bridgehead atoms. The molecule has 0 radical (unpaired) electrons. The summed E-state index contributed by atoms with van der Waals surface area (Å²) in [5.41, 5.74) is 7.68. The number of hydrogen-bond acceptors (Lipinski definition) is 6. The van der Waals surface area contributed by atoms with Crippen molar-refractivity contribution in [2.45, 2.75) is 57.8 Å². The first-order valence-corrected chi connectivity index (χ1v) is 12.0. The molecule has 0 saturated carbocycles. The Labute approximate surface area is 198 Å². The van der Waals surface area contributed by atoms with Gasteiger partial charge in [-0.2, -0.15) is 0 Å². The number of nitrogens with zero attached hydrogens (tertiary/aromatic N) is 3. The maximum atomic E-state index is 12.8. The molecule has 2 amide bonds. The van der Waals surface area contributed by atoms with Gasteiger partial charge in [0.2, 0.25) is 11.8 Å². The Morgan fingerprint density at radius 2 is 1.79 bits per heavy atom. The lowest BCUT2D eigenvalue weighted by molar-refractivity contribution is -0.120. The molecule has 0 saturated heterocycles. The van der Waals surface area contributed by atoms with E-state index in [1.54, 1.807) is 23.0 Å². The SMILES string of the molecule is CC(C)c1ccc(C(NC(=O)CSc2nnc(-c3ccco3)n2CCC(N)=O)C(C)C)cc1. The molecule has 3 aromatic rings. The summed E-state index contributed by atoms with van der Waals surface area (Å²) in [4.78, 5) is 24.1. The highest BCUT2D eigenvalue weighted by atomic mass is 32.2. The standard InChI is InChI=1S/C24H31N5O3S/c1-15(2)17-7-9-18(10-8-17)22(16(3)4)26-21(31)14-33-24-28-27-23(19-6-5-13-32-19)29(24)12-11-20(25)30/h5-10,13,15-16,22H,11-12,14H2,1-4H3,(H2,25,30)(H,26,31). The van der Waals surface area contributed by atoms with E-state index >= 15 is 0 Å². The first-order chi connectivity index (χ1) is 15.8. The zero-order valence-electron chi connectivity index (χ0n) is 19.4. The summed E-state index contributed by atoms with van der Waals surface area (Å²) in [5.74, 6) is 1.36. The number of rotatable bonds is 11. The van der Waals surface area contributed by atoms with Crippen LogP contribution in [0.1, 0.15) is 57.2 Å². The fourth-order valence-electron chi connectivity index (χ4n) is 3.48. The topological polar surface area (TPSA) is 116 Å². The molecule has 176 valence electrons. The van der Waals surface area contributed by atoms with Crippen LogP contribution in [0.5, 0.6) is 0 Å². The van der Waals surface area contributed by atoms with Crippen LogP contribution in [0.15, 0.2) is 52.2 Å². The van der Waals surface area contributed by atoms with Crippen molar-refractivity contribution in [1.82, 2.24) is 20.1 Å². The average molecular weight is 470 g/mol. The smallest absolute Gasteiger partial charge is 0.230 e. The average Bonchev–Trinajstić information content (AvgIpc) is 3.44. The van der Waals surface area contributed by atoms with E-state index in [2.05, 4.69) is 67.5 Å². The summed E-state index contributed by atoms with van der Waals surface area (Å²) in [6.07, 6.45) is 1.68. The number of nitrogens with two attached hydrogens (primary N) is 1. The van der Waals surface area contributed by atoms with Gasteiger partial charge in [0.15, 0.2) is 16.7 Å². The second kappa shape index (κ2) is 11.2. The van der Waals surface area contributed by atoms with Crippen molar-refractivity contribution < 1.29 is 14.0 Å². The number of thioether (sulfide) groups is 1. The quantitative estimate of drug-likeness (QED) is 0.408. The Morgan fingerprint density at radius 3 is 2.36 bits per heavy atom. The van der Waals surface area contributed by atoms with Crippen molar-refractivity contribution in [2.24, 2.45) is 11.7 Å². The molecule has 2 heterocycles. The number of carbonyl (C=O) groups is 2. The lowest BCUT2D eigenvalue weighted by Gasteiger charge is -2.23. The van der Waals surface area contributed by atoms with Crippen LogP contribution in [-0.4, -0.2) is 32.3 Å². The van der Waals surface area contributed by atoms with E-state index in [0.717, 1.165) is 5.56 Å². The highest BCUT2D eigenvalue weighted by Gasteiger charge is 2.21. The van der Waals surface area contributed by atoms with Crippen LogP contribution in [0.25, 0.3) is 11.6 Å². The van der Waals surface area contributed by atoms with Gasteiger partial charge in [-0.05, 0) is 35.1 Å². The second-order valence-electron chi connectivity index (χ2n) is 8.55. The summed E-state index contributed by atoms with van der Waals surface area (Å²) in [6, 6.07) is 11.8. The number of hydrogen-bond donors (Lipinski definition) is 2. The molecule has 0 aliphatic rings. The fraction of sp³-hybridized carbons (Fsp3) is 0.417. The van der Waals surface area contributed by atoms with Crippen LogP contribution in [-0.2, 0) is 16.1 Å². The third-order valence-corrected chi connectivity index (χ3v) is 6.28. The minimum absolute atomic E-state index is 0.0919. The van der Waals surface area contributed by atoms with Crippen molar-refractivity contribution in [3.05, 3.63) is 53.8 Å². The molecule has 0 spiro atoms. The number of primary amides is 1. The van der Waals surface area contributed by atoms with E-state index in [9.17, 15) is 9.59 Å². The predicted molar refractivity (Wildman–Crippen MR) is 129 cm³/mol. The Balaban J connectivity index is 1.69. The summed E-state index contributed by atoms with van der Waals surface area (Å²) < 4.78 is 7.18. The van der Waals surface area contributed by atoms with E-state index in [-0.39, 0.29) is 30.0 Å². The van der Waals surface area contributed by atoms with E-state index in [0.29, 0.717) is 29.2 Å². The molecule has 3 N–H and O–H groups in total. The van der Waals surface area contributed by atoms with Crippen molar-refractivity contribution in [3.8, 4) is 11.6 Å². The molecule has 33 heavy (non-hydrogen) atoms. The van der Waals surface area contributed by atoms with Gasteiger partial charge in [-0.3, -0.25) is 14.2 Å². The van der Waals surface area contributed by atoms with Crippen LogP contribution in [0, 0.1) is 5.92 Å². The summed E-state index contributed by atoms with van der Waals surface area (Å²) in [7, 11) is 0. The van der Waals surface area contributed by atoms with E-state index in [4.69, 9.17) is 10.2 Å². The van der Waals surface area contributed by atoms with Gasteiger partial charge in [0.1, 0.15) is 0 Å². The zero-order chi connectivity index (χ0) is 24.0. The molecule has 9 heteroatoms. The lowest BCUT2D eigenvalue weighted by Crippen LogP contribution is -2.33. The lowest BCUT2D eigenvalue weighted by atomic mass is 9.93. The van der Waals surface area contributed by atoms with Gasteiger partial charge in [0.05, 0.1) is 18.1 Å². The first-order valence-electron chi connectivity index (χ1n) is 11.0. The summed E-state index contributed by atoms with van der Waals surface area (Å²) >= 11 is 1.26. The van der Waals surface area contributed by atoms with E-state index in [1.807, 2.05) is 0 Å². The molecule has 1 aromatic carbocycles. The van der Waals surface area contributed by atoms with Gasteiger partial charge < -0.3 is 15.5 Å². The number of benzene rings is 1. The Hall–Kier alpha value is -3.07. The third kappa shape index (κ3) is 6.47. The van der Waals surface area contributed by atoms with Gasteiger partial charge in [-0.1, -0.05) is 63.7 Å². The molecular weight excluding hydrogens is 438 g/mol. The largest absolute Gasteiger partial charge is 0.461 e. The van der Waals surface area contributed by atoms with Crippen molar-refractivity contribution in [3.63, 3.8) is 0 Å². The van der Waals surface area contributed by atoms with Gasteiger partial charge >= 0.3 is 0 Å². The second-order valence-corrected chi connectivity index (χ2v) is 9.49. The first kappa shape index (κ1) is 24.6. The Morgan fingerprint density at radius 1 is 1.09 bits per heavy atom. The maximum Gasteiger partial charge on any atom is 0.230 e. The Kier molecular flexibility index (Phi) is 8.32. The fourth-order valence-corrected chi connectivity index (χ4v) is 4.25.